The van der Waals surface area contributed by atoms with Gasteiger partial charge in [0.15, 0.2) is 0 Å². The van der Waals surface area contributed by atoms with Crippen LogP contribution in [0.15, 0.2) is 140 Å². The number of nitrogens with zero attached hydrogens (tertiary/aromatic N) is 3. The van der Waals surface area contributed by atoms with E-state index in [2.05, 4.69) is 38.2 Å². The maximum absolute atomic E-state index is 11.7. The second-order valence-electron chi connectivity index (χ2n) is 26.8. The lowest BCUT2D eigenvalue weighted by atomic mass is 9.76. The smallest absolute Gasteiger partial charge is 0.286 e. The van der Waals surface area contributed by atoms with Crippen molar-refractivity contribution in [3.05, 3.63) is 196 Å². The van der Waals surface area contributed by atoms with Gasteiger partial charge in [-0.15, -0.1) is 0 Å². The van der Waals surface area contributed by atoms with Gasteiger partial charge in [-0.1, -0.05) is 134 Å². The number of imide groups is 4. The van der Waals surface area contributed by atoms with Gasteiger partial charge in [0.05, 0.1) is 40.8 Å². The molecule has 1 saturated carbocycles. The Labute approximate surface area is 617 Å². The molecule has 5 unspecified atom stereocenters. The van der Waals surface area contributed by atoms with Crippen LogP contribution in [0.5, 0.6) is 34.5 Å². The van der Waals surface area contributed by atoms with E-state index in [4.69, 9.17) is 23.7 Å². The van der Waals surface area contributed by atoms with Crippen molar-refractivity contribution in [2.24, 2.45) is 5.41 Å². The zero-order valence-corrected chi connectivity index (χ0v) is 62.1. The van der Waals surface area contributed by atoms with Crippen LogP contribution in [-0.4, -0.2) is 126 Å². The Hall–Kier alpha value is -9.04. The summed E-state index contributed by atoms with van der Waals surface area (Å²) in [5.41, 5.74) is 9.81. The van der Waals surface area contributed by atoms with Crippen LogP contribution in [-0.2, 0) is 57.7 Å². The minimum Gasteiger partial charge on any atom is -0.507 e. The van der Waals surface area contributed by atoms with Crippen LogP contribution < -0.4 is 49.9 Å². The Bertz CT molecular complexity index is 4150. The summed E-state index contributed by atoms with van der Waals surface area (Å²) >= 11 is 4.20. The fraction of sp³-hybridized carbons (Fsp3) is 0.385. The summed E-state index contributed by atoms with van der Waals surface area (Å²) in [5.74, 6) is 4.45. The summed E-state index contributed by atoms with van der Waals surface area (Å²) in [6.45, 7) is 15.2. The van der Waals surface area contributed by atoms with Gasteiger partial charge < -0.3 is 33.7 Å². The number of likely N-dealkylation sites (N-methyl/N-ethyl adjacent to an activating group) is 1. The highest BCUT2D eigenvalue weighted by Crippen LogP contribution is 2.44. The summed E-state index contributed by atoms with van der Waals surface area (Å²) in [4.78, 5) is 102. The number of rotatable bonds is 23. The van der Waals surface area contributed by atoms with E-state index >= 15 is 0 Å². The molecule has 2 aromatic heterocycles. The number of phenolic OH excluding ortho intramolecular Hbond substituents is 1. The van der Waals surface area contributed by atoms with Gasteiger partial charge in [-0.05, 0) is 197 Å². The lowest BCUT2D eigenvalue weighted by molar-refractivity contribution is -0.119. The van der Waals surface area contributed by atoms with Crippen molar-refractivity contribution in [3.8, 4) is 34.5 Å². The Kier molecular flexibility index (Phi) is 26.7. The summed E-state index contributed by atoms with van der Waals surface area (Å²) in [6.07, 6.45) is 14.6. The standard InChI is InChI=1S/C24H27NO5S.C18H19N3O3S.C18H18N2O3S.C18H23NO3S/c1-13-14(2)21-18(15(3)20(13)26)9-10-24(4,30-21)12-29-17-7-5-16(6-8-17)11-19-22(27)25-23(28)31-19;1-21(16-4-2-3-9-19-16)10-11-24-14-7-5-13(6-8-14)12-15-17(22)20-18(23)25-15;1-12-2-5-14(19-11-12)8-9-23-15-6-3-13(4-7-15)10-16-17(21)20-18(22)24-16;1-18(9-3-2-4-10-18)12-22-14-7-5-13(6-8-14)11-15-16(20)19-17(21)23-15/h5-8,19,26H,9-12H2,1-4H3,(H,25,27,28);2-9,15H,10-12H2,1H3,(H,20,22,23);2-7,11,16H,8-10H2,1H3,(H,20,21,22);5-8,15H,2-4,9-12H2,1H3,(H,19,20,21). The quantitative estimate of drug-likeness (QED) is 0.0398. The van der Waals surface area contributed by atoms with Gasteiger partial charge in [-0.3, -0.25) is 64.6 Å². The molecule has 7 aromatic rings. The van der Waals surface area contributed by atoms with Crippen molar-refractivity contribution in [2.75, 3.05) is 44.9 Å². The number of ether oxygens (including phenoxy) is 5. The van der Waals surface area contributed by atoms with Gasteiger partial charge in [0.25, 0.3) is 21.0 Å². The first-order chi connectivity index (χ1) is 49.4. The van der Waals surface area contributed by atoms with Crippen molar-refractivity contribution in [3.63, 3.8) is 0 Å². The van der Waals surface area contributed by atoms with Crippen LogP contribution in [0, 0.1) is 33.1 Å². The zero-order valence-electron chi connectivity index (χ0n) is 58.8. The number of carbonyl (C=O) groups excluding carboxylic acids is 8. The second-order valence-corrected chi connectivity index (χ2v) is 31.5. The number of hydrogen-bond acceptors (Lipinski definition) is 21. The number of anilines is 1. The molecule has 8 amide bonds. The average Bonchev–Trinajstić information content (AvgIpc) is 1.61. The van der Waals surface area contributed by atoms with Crippen molar-refractivity contribution in [1.29, 1.82) is 0 Å². The first kappa shape index (κ1) is 76.6. The molecule has 4 saturated heterocycles. The number of nitrogens with one attached hydrogen (secondary N) is 4. The minimum atomic E-state index is -0.467. The van der Waals surface area contributed by atoms with Gasteiger partial charge in [0.1, 0.15) is 59.1 Å². The number of thioether (sulfide) groups is 4. The molecule has 5 atom stereocenters. The third kappa shape index (κ3) is 22.2. The molecule has 25 heteroatoms. The number of pyridine rings is 2. The maximum Gasteiger partial charge on any atom is 0.286 e. The predicted octanol–water partition coefficient (Wildman–Crippen LogP) is 13.7. The van der Waals surface area contributed by atoms with E-state index in [9.17, 15) is 43.5 Å². The first-order valence-corrected chi connectivity index (χ1v) is 37.9. The molecular formula is C78H87N7O14S4. The number of fused-ring (bicyclic) bond motifs is 1. The molecule has 21 nitrogen and oxygen atoms in total. The van der Waals surface area contributed by atoms with E-state index in [-0.39, 0.29) is 65.6 Å². The van der Waals surface area contributed by atoms with Crippen LogP contribution >= 0.6 is 47.0 Å². The predicted molar refractivity (Wildman–Crippen MR) is 403 cm³/mol. The van der Waals surface area contributed by atoms with Crippen LogP contribution in [0.2, 0.25) is 0 Å². The second kappa shape index (κ2) is 35.9. The SMILES string of the molecule is CC1(COc2ccc(CC3SC(=O)NC3=O)cc2)CCCCC1.CN(CCOc1ccc(CC2SC(=O)NC2=O)cc1)c1ccccn1.Cc1c(C)c2c(c(C)c1O)CCC(C)(COc1ccc(CC3SC(=O)NC3=O)cc1)O2.Cc1ccc(CCOc2ccc(CC3SC(=O)NC3=O)cc2)nc1. The lowest BCUT2D eigenvalue weighted by Gasteiger charge is -2.37. The highest BCUT2D eigenvalue weighted by atomic mass is 32.2. The molecule has 1 aliphatic carbocycles. The van der Waals surface area contributed by atoms with E-state index in [0.29, 0.717) is 56.7 Å². The fourth-order valence-electron chi connectivity index (χ4n) is 12.2. The van der Waals surface area contributed by atoms with E-state index in [0.717, 1.165) is 170 Å². The van der Waals surface area contributed by atoms with Crippen LogP contribution in [0.1, 0.15) is 108 Å². The molecule has 6 aliphatic rings. The molecule has 103 heavy (non-hydrogen) atoms. The van der Waals surface area contributed by atoms with Gasteiger partial charge in [0.2, 0.25) is 23.6 Å². The number of aromatic nitrogens is 2. The number of benzene rings is 5. The Morgan fingerprint density at radius 2 is 0.942 bits per heavy atom. The molecular weight excluding hydrogens is 1390 g/mol. The maximum atomic E-state index is 11.7. The molecule has 5 aliphatic heterocycles. The number of aromatic hydroxyl groups is 1. The number of phenols is 1. The van der Waals surface area contributed by atoms with Crippen molar-refractivity contribution in [1.82, 2.24) is 31.2 Å². The summed E-state index contributed by atoms with van der Waals surface area (Å²) in [5, 5.41) is 17.1. The number of carbonyl (C=O) groups is 8. The van der Waals surface area contributed by atoms with E-state index in [1.165, 1.54) is 32.1 Å². The van der Waals surface area contributed by atoms with Crippen molar-refractivity contribution in [2.45, 2.75) is 145 Å². The monoisotopic (exact) mass is 1470 g/mol. The third-order valence-electron chi connectivity index (χ3n) is 18.6. The van der Waals surface area contributed by atoms with Gasteiger partial charge in [-0.25, -0.2) is 4.98 Å². The normalized spacial score (nSPS) is 20.1. The molecule has 0 bridgehead atoms. The molecule has 542 valence electrons. The number of hydrogen-bond donors (Lipinski definition) is 5. The van der Waals surface area contributed by atoms with E-state index < -0.39 is 5.60 Å². The zero-order chi connectivity index (χ0) is 73.2. The molecule has 0 spiro atoms. The Morgan fingerprint density at radius 3 is 1.35 bits per heavy atom. The van der Waals surface area contributed by atoms with Gasteiger partial charge in [-0.2, -0.15) is 0 Å². The summed E-state index contributed by atoms with van der Waals surface area (Å²) < 4.78 is 29.9. The minimum absolute atomic E-state index is 0.189. The van der Waals surface area contributed by atoms with E-state index in [1.54, 1.807) is 6.20 Å². The van der Waals surface area contributed by atoms with Crippen LogP contribution in [0.25, 0.3) is 0 Å². The molecule has 13 rings (SSSR count). The van der Waals surface area contributed by atoms with E-state index in [1.807, 2.05) is 180 Å². The largest absolute Gasteiger partial charge is 0.507 e. The van der Waals surface area contributed by atoms with Crippen molar-refractivity contribution < 1.29 is 67.1 Å². The van der Waals surface area contributed by atoms with Crippen LogP contribution in [0.4, 0.5) is 25.0 Å². The Balaban J connectivity index is 0.000000149. The number of aryl methyl sites for hydroxylation is 1. The van der Waals surface area contributed by atoms with Crippen molar-refractivity contribution >= 4 is 97.5 Å². The molecule has 5 fully saturated rings. The number of amides is 8. The molecule has 7 heterocycles. The molecule has 0 radical (unpaired) electrons. The highest BCUT2D eigenvalue weighted by Gasteiger charge is 2.38. The fourth-order valence-corrected chi connectivity index (χ4v) is 15.6. The summed E-state index contributed by atoms with van der Waals surface area (Å²) in [6, 6.07) is 40.6. The molecule has 5 N–H and O–H groups in total. The topological polar surface area (TPSA) is 280 Å². The highest BCUT2D eigenvalue weighted by molar-refractivity contribution is 8.16. The van der Waals surface area contributed by atoms with Crippen LogP contribution in [0.3, 0.4) is 0 Å². The lowest BCUT2D eigenvalue weighted by Crippen LogP contribution is -2.42. The van der Waals surface area contributed by atoms with Gasteiger partial charge >= 0.3 is 0 Å². The average molecular weight is 1470 g/mol. The Morgan fingerprint density at radius 1 is 0.505 bits per heavy atom. The third-order valence-corrected chi connectivity index (χ3v) is 22.5. The molecule has 5 aromatic carbocycles. The summed E-state index contributed by atoms with van der Waals surface area (Å²) in [7, 11) is 1.97. The van der Waals surface area contributed by atoms with Gasteiger partial charge in [0, 0.05) is 42.5 Å². The first-order valence-electron chi connectivity index (χ1n) is 34.4.